The summed E-state index contributed by atoms with van der Waals surface area (Å²) in [4.78, 5) is 40.3. The van der Waals surface area contributed by atoms with Gasteiger partial charge in [0.15, 0.2) is 0 Å². The molecule has 4 aromatic rings. The third-order valence-electron chi connectivity index (χ3n) is 8.29. The lowest BCUT2D eigenvalue weighted by molar-refractivity contribution is -0.147. The SMILES string of the molecule is COC(=O)C1CCCC(N2Cc3ccc(-c4ccc(NC(=O)c5ccc(-c6ccccc6)cc5)cc4)cc3C2=O)C1. The van der Waals surface area contributed by atoms with Crippen molar-refractivity contribution in [1.29, 1.82) is 0 Å². The molecular weight excluding hydrogens is 512 g/mol. The fourth-order valence-electron chi connectivity index (χ4n) is 6.02. The summed E-state index contributed by atoms with van der Waals surface area (Å²) in [6.07, 6.45) is 3.30. The molecule has 6 nitrogen and oxygen atoms in total. The van der Waals surface area contributed by atoms with Crippen molar-refractivity contribution in [3.05, 3.63) is 114 Å². The van der Waals surface area contributed by atoms with E-state index in [2.05, 4.69) is 5.32 Å². The minimum Gasteiger partial charge on any atom is -0.469 e. The maximum Gasteiger partial charge on any atom is 0.308 e. The fraction of sp³-hybridized carbons (Fsp3) is 0.229. The zero-order valence-electron chi connectivity index (χ0n) is 23.0. The summed E-state index contributed by atoms with van der Waals surface area (Å²) >= 11 is 0. The van der Waals surface area contributed by atoms with Crippen molar-refractivity contribution in [2.24, 2.45) is 5.92 Å². The molecule has 1 aliphatic carbocycles. The van der Waals surface area contributed by atoms with E-state index < -0.39 is 0 Å². The number of ether oxygens (including phenoxy) is 1. The molecule has 6 heteroatoms. The van der Waals surface area contributed by atoms with E-state index in [4.69, 9.17) is 4.74 Å². The average Bonchev–Trinajstić information content (AvgIpc) is 3.37. The number of rotatable bonds is 6. The van der Waals surface area contributed by atoms with Gasteiger partial charge < -0.3 is 15.0 Å². The number of fused-ring (bicyclic) bond motifs is 1. The van der Waals surface area contributed by atoms with Gasteiger partial charge in [0.05, 0.1) is 13.0 Å². The van der Waals surface area contributed by atoms with Gasteiger partial charge in [-0.15, -0.1) is 0 Å². The Labute approximate surface area is 240 Å². The van der Waals surface area contributed by atoms with Crippen molar-refractivity contribution in [3.8, 4) is 22.3 Å². The highest BCUT2D eigenvalue weighted by Crippen LogP contribution is 2.35. The standard InChI is InChI=1S/C35H32N2O4/c1-41-35(40)28-8-5-9-31(20-28)37-22-29-15-14-27(21-32(29)34(37)39)25-16-18-30(19-17-25)36-33(38)26-12-10-24(11-13-26)23-6-3-2-4-7-23/h2-4,6-7,10-19,21,28,31H,5,8-9,20,22H2,1H3,(H,36,38). The van der Waals surface area contributed by atoms with Crippen molar-refractivity contribution in [2.45, 2.75) is 38.3 Å². The van der Waals surface area contributed by atoms with Crippen molar-refractivity contribution >= 4 is 23.5 Å². The summed E-state index contributed by atoms with van der Waals surface area (Å²) in [6, 6.07) is 31.4. The maximum absolute atomic E-state index is 13.4. The number of nitrogens with zero attached hydrogens (tertiary/aromatic N) is 1. The minimum atomic E-state index is -0.179. The van der Waals surface area contributed by atoms with Crippen LogP contribution in [0.3, 0.4) is 0 Å². The van der Waals surface area contributed by atoms with Crippen LogP contribution in [0.5, 0.6) is 0 Å². The quantitative estimate of drug-likeness (QED) is 0.266. The lowest BCUT2D eigenvalue weighted by Gasteiger charge is -2.34. The molecule has 1 fully saturated rings. The van der Waals surface area contributed by atoms with Gasteiger partial charge in [0.1, 0.15) is 0 Å². The minimum absolute atomic E-state index is 0.0273. The Bertz CT molecular complexity index is 1580. The number of methoxy groups -OCH3 is 1. The molecule has 2 aliphatic rings. The van der Waals surface area contributed by atoms with Gasteiger partial charge in [-0.05, 0) is 77.4 Å². The number of hydrogen-bond donors (Lipinski definition) is 1. The van der Waals surface area contributed by atoms with Crippen molar-refractivity contribution in [3.63, 3.8) is 0 Å². The van der Waals surface area contributed by atoms with Crippen LogP contribution >= 0.6 is 0 Å². The predicted molar refractivity (Wildman–Crippen MR) is 159 cm³/mol. The van der Waals surface area contributed by atoms with E-state index in [0.717, 1.165) is 52.6 Å². The second-order valence-corrected chi connectivity index (χ2v) is 10.8. The van der Waals surface area contributed by atoms with Crippen LogP contribution in [0.25, 0.3) is 22.3 Å². The molecule has 1 N–H and O–H groups in total. The lowest BCUT2D eigenvalue weighted by Crippen LogP contribution is -2.40. The first-order chi connectivity index (χ1) is 20.0. The monoisotopic (exact) mass is 544 g/mol. The number of carbonyl (C=O) groups excluding carboxylic acids is 3. The molecule has 1 aliphatic heterocycles. The predicted octanol–water partition coefficient (Wildman–Crippen LogP) is 6.96. The summed E-state index contributed by atoms with van der Waals surface area (Å²) in [5.41, 5.74) is 7.11. The summed E-state index contributed by atoms with van der Waals surface area (Å²) in [5.74, 6) is -0.461. The van der Waals surface area contributed by atoms with E-state index in [1.165, 1.54) is 7.11 Å². The van der Waals surface area contributed by atoms with E-state index >= 15 is 0 Å². The van der Waals surface area contributed by atoms with Gasteiger partial charge >= 0.3 is 5.97 Å². The summed E-state index contributed by atoms with van der Waals surface area (Å²) < 4.78 is 4.96. The number of anilines is 1. The highest BCUT2D eigenvalue weighted by molar-refractivity contribution is 6.04. The van der Waals surface area contributed by atoms with Crippen LogP contribution in [0.4, 0.5) is 5.69 Å². The van der Waals surface area contributed by atoms with Crippen molar-refractivity contribution in [1.82, 2.24) is 4.90 Å². The van der Waals surface area contributed by atoms with Gasteiger partial charge in [-0.25, -0.2) is 0 Å². The second-order valence-electron chi connectivity index (χ2n) is 10.8. The van der Waals surface area contributed by atoms with Crippen LogP contribution in [0, 0.1) is 5.92 Å². The largest absolute Gasteiger partial charge is 0.469 e. The van der Waals surface area contributed by atoms with Gasteiger partial charge in [-0.2, -0.15) is 0 Å². The van der Waals surface area contributed by atoms with Gasteiger partial charge in [0.2, 0.25) is 0 Å². The first-order valence-electron chi connectivity index (χ1n) is 14.1. The molecule has 2 amide bonds. The first-order valence-corrected chi connectivity index (χ1v) is 14.1. The number of benzene rings is 4. The van der Waals surface area contributed by atoms with Crippen LogP contribution in [0.1, 0.15) is 52.0 Å². The molecule has 0 bridgehead atoms. The van der Waals surface area contributed by atoms with Crippen LogP contribution in [-0.4, -0.2) is 35.8 Å². The molecule has 2 unspecified atom stereocenters. The summed E-state index contributed by atoms with van der Waals surface area (Å²) in [7, 11) is 1.43. The second kappa shape index (κ2) is 11.4. The topological polar surface area (TPSA) is 75.7 Å². The van der Waals surface area contributed by atoms with E-state index in [1.54, 1.807) is 0 Å². The Kier molecular flexibility index (Phi) is 7.38. The Morgan fingerprint density at radius 2 is 1.46 bits per heavy atom. The molecule has 206 valence electrons. The number of esters is 1. The summed E-state index contributed by atoms with van der Waals surface area (Å²) in [6.45, 7) is 0.574. The first kappa shape index (κ1) is 26.5. The van der Waals surface area contributed by atoms with Crippen LogP contribution in [0.2, 0.25) is 0 Å². The maximum atomic E-state index is 13.4. The Morgan fingerprint density at radius 3 is 2.20 bits per heavy atom. The lowest BCUT2D eigenvalue weighted by atomic mass is 9.85. The molecular formula is C35H32N2O4. The third kappa shape index (κ3) is 5.50. The number of hydrogen-bond acceptors (Lipinski definition) is 4. The smallest absolute Gasteiger partial charge is 0.308 e. The number of amides is 2. The van der Waals surface area contributed by atoms with Crippen LogP contribution in [-0.2, 0) is 16.1 Å². The molecule has 1 heterocycles. The normalized spacial score (nSPS) is 18.1. The van der Waals surface area contributed by atoms with Crippen LogP contribution < -0.4 is 5.32 Å². The molecule has 0 aromatic heterocycles. The molecule has 2 atom stereocenters. The van der Waals surface area contributed by atoms with Gasteiger partial charge in [0.25, 0.3) is 11.8 Å². The molecule has 41 heavy (non-hydrogen) atoms. The molecule has 4 aromatic carbocycles. The van der Waals surface area contributed by atoms with E-state index in [0.29, 0.717) is 24.2 Å². The number of carbonyl (C=O) groups is 3. The zero-order valence-corrected chi connectivity index (χ0v) is 23.0. The third-order valence-corrected chi connectivity index (χ3v) is 8.29. The zero-order chi connectivity index (χ0) is 28.3. The molecule has 0 spiro atoms. The summed E-state index contributed by atoms with van der Waals surface area (Å²) in [5, 5.41) is 2.97. The molecule has 0 saturated heterocycles. The molecule has 6 rings (SSSR count). The van der Waals surface area contributed by atoms with Gasteiger partial charge in [-0.1, -0.05) is 73.2 Å². The van der Waals surface area contributed by atoms with E-state index in [1.807, 2.05) is 102 Å². The average molecular weight is 545 g/mol. The van der Waals surface area contributed by atoms with E-state index in [9.17, 15) is 14.4 Å². The molecule has 0 radical (unpaired) electrons. The Hall–Kier alpha value is -4.71. The van der Waals surface area contributed by atoms with Crippen molar-refractivity contribution in [2.75, 3.05) is 12.4 Å². The number of nitrogens with one attached hydrogen (secondary N) is 1. The highest BCUT2D eigenvalue weighted by atomic mass is 16.5. The highest BCUT2D eigenvalue weighted by Gasteiger charge is 2.37. The fourth-order valence-corrected chi connectivity index (χ4v) is 6.02. The van der Waals surface area contributed by atoms with E-state index in [-0.39, 0.29) is 29.7 Å². The van der Waals surface area contributed by atoms with Gasteiger partial charge in [-0.3, -0.25) is 14.4 Å². The molecule has 1 saturated carbocycles. The van der Waals surface area contributed by atoms with Crippen LogP contribution in [0.15, 0.2) is 97.1 Å². The van der Waals surface area contributed by atoms with Gasteiger partial charge in [0, 0.05) is 29.4 Å². The Balaban J connectivity index is 1.11. The van der Waals surface area contributed by atoms with Crippen molar-refractivity contribution < 1.29 is 19.1 Å². The Morgan fingerprint density at radius 1 is 0.805 bits per heavy atom.